The van der Waals surface area contributed by atoms with Crippen LogP contribution in [-0.4, -0.2) is 26.3 Å². The normalized spacial score (nSPS) is 10.9. The second kappa shape index (κ2) is 5.95. The van der Waals surface area contributed by atoms with Gasteiger partial charge >= 0.3 is 0 Å². The Hall–Kier alpha value is -1.43. The number of nitrogens with zero attached hydrogens (tertiary/aromatic N) is 4. The molecule has 0 spiro atoms. The number of hydrogen-bond donors (Lipinski definition) is 1. The van der Waals surface area contributed by atoms with Crippen molar-refractivity contribution in [3.05, 3.63) is 35.0 Å². The van der Waals surface area contributed by atoms with E-state index in [-0.39, 0.29) is 0 Å². The maximum absolute atomic E-state index is 4.26. The van der Waals surface area contributed by atoms with Crippen LogP contribution in [0.2, 0.25) is 0 Å². The van der Waals surface area contributed by atoms with E-state index in [1.807, 2.05) is 12.1 Å². The van der Waals surface area contributed by atoms with Gasteiger partial charge in [-0.05, 0) is 28.1 Å². The van der Waals surface area contributed by atoms with Crippen LogP contribution in [0, 0.1) is 0 Å². The lowest BCUT2D eigenvalue weighted by Crippen LogP contribution is -2.13. The van der Waals surface area contributed by atoms with Crippen LogP contribution in [0.25, 0.3) is 0 Å². The second-order valence-corrected chi connectivity index (χ2v) is 5.24. The predicted molar refractivity (Wildman–Crippen MR) is 74.5 cm³/mol. The number of aromatic nitrogens is 4. The van der Waals surface area contributed by atoms with Crippen molar-refractivity contribution in [1.82, 2.24) is 19.7 Å². The van der Waals surface area contributed by atoms with E-state index in [2.05, 4.69) is 54.8 Å². The van der Waals surface area contributed by atoms with Crippen molar-refractivity contribution in [1.29, 1.82) is 0 Å². The Morgan fingerprint density at radius 3 is 2.89 bits per heavy atom. The van der Waals surface area contributed by atoms with Gasteiger partial charge in [0.1, 0.15) is 18.0 Å². The summed E-state index contributed by atoms with van der Waals surface area (Å²) in [4.78, 5) is 4.26. The average Bonchev–Trinajstić information content (AvgIpc) is 2.80. The third-order valence-electron chi connectivity index (χ3n) is 2.55. The van der Waals surface area contributed by atoms with Crippen LogP contribution in [-0.2, 0) is 6.54 Å². The summed E-state index contributed by atoms with van der Waals surface area (Å²) in [6, 6.07) is 3.91. The molecule has 0 radical (unpaired) electrons. The molecule has 0 aliphatic heterocycles. The van der Waals surface area contributed by atoms with Crippen molar-refractivity contribution >= 4 is 21.7 Å². The van der Waals surface area contributed by atoms with Crippen LogP contribution in [0.5, 0.6) is 0 Å². The Kier molecular flexibility index (Phi) is 4.30. The predicted octanol–water partition coefficient (Wildman–Crippen LogP) is 2.67. The maximum atomic E-state index is 4.26. The Balaban J connectivity index is 1.88. The zero-order valence-electron chi connectivity index (χ0n) is 10.5. The summed E-state index contributed by atoms with van der Waals surface area (Å²) in [7, 11) is 0. The molecule has 2 aromatic heterocycles. The van der Waals surface area contributed by atoms with Crippen LogP contribution < -0.4 is 5.32 Å². The quantitative estimate of drug-likeness (QED) is 0.922. The van der Waals surface area contributed by atoms with Crippen molar-refractivity contribution < 1.29 is 0 Å². The zero-order valence-corrected chi connectivity index (χ0v) is 12.1. The topological polar surface area (TPSA) is 55.6 Å². The molecule has 5 nitrogen and oxygen atoms in total. The molecule has 2 rings (SSSR count). The molecular weight excluding hydrogens is 294 g/mol. The van der Waals surface area contributed by atoms with Gasteiger partial charge in [-0.3, -0.25) is 0 Å². The van der Waals surface area contributed by atoms with Gasteiger partial charge in [-0.2, -0.15) is 0 Å². The van der Waals surface area contributed by atoms with Gasteiger partial charge in [0.2, 0.25) is 0 Å². The molecule has 0 unspecified atom stereocenters. The van der Waals surface area contributed by atoms with Gasteiger partial charge in [-0.15, -0.1) is 10.2 Å². The summed E-state index contributed by atoms with van der Waals surface area (Å²) in [5.74, 6) is 2.27. The molecule has 0 fully saturated rings. The first-order valence-electron chi connectivity index (χ1n) is 5.90. The Bertz CT molecular complexity index is 491. The van der Waals surface area contributed by atoms with Crippen LogP contribution in [0.4, 0.5) is 5.82 Å². The molecular formula is C12H16BrN5. The van der Waals surface area contributed by atoms with E-state index in [0.29, 0.717) is 5.92 Å². The van der Waals surface area contributed by atoms with E-state index in [9.17, 15) is 0 Å². The highest BCUT2D eigenvalue weighted by Gasteiger charge is 2.07. The Morgan fingerprint density at radius 1 is 1.39 bits per heavy atom. The first kappa shape index (κ1) is 13.0. The monoisotopic (exact) mass is 309 g/mol. The second-order valence-electron chi connectivity index (χ2n) is 4.33. The van der Waals surface area contributed by atoms with E-state index in [1.165, 1.54) is 0 Å². The van der Waals surface area contributed by atoms with Gasteiger partial charge in [-0.25, -0.2) is 4.98 Å². The maximum Gasteiger partial charge on any atom is 0.135 e. The van der Waals surface area contributed by atoms with Crippen molar-refractivity contribution in [3.8, 4) is 0 Å². The lowest BCUT2D eigenvalue weighted by atomic mass is 10.2. The fourth-order valence-electron chi connectivity index (χ4n) is 1.67. The Morgan fingerprint density at radius 2 is 2.22 bits per heavy atom. The smallest absolute Gasteiger partial charge is 0.135 e. The fraction of sp³-hybridized carbons (Fsp3) is 0.417. The van der Waals surface area contributed by atoms with E-state index >= 15 is 0 Å². The van der Waals surface area contributed by atoms with E-state index < -0.39 is 0 Å². The highest BCUT2D eigenvalue weighted by Crippen LogP contribution is 2.11. The minimum absolute atomic E-state index is 0.387. The van der Waals surface area contributed by atoms with Crippen LogP contribution >= 0.6 is 15.9 Å². The molecule has 0 bridgehead atoms. The molecule has 0 aromatic carbocycles. The summed E-state index contributed by atoms with van der Waals surface area (Å²) < 4.78 is 3.05. The number of halogens is 1. The fourth-order valence-corrected chi connectivity index (χ4v) is 1.90. The Labute approximate surface area is 115 Å². The third-order valence-corrected chi connectivity index (χ3v) is 3.02. The van der Waals surface area contributed by atoms with Crippen molar-refractivity contribution in [2.45, 2.75) is 26.3 Å². The molecule has 0 saturated heterocycles. The highest BCUT2D eigenvalue weighted by atomic mass is 79.9. The molecule has 18 heavy (non-hydrogen) atoms. The molecule has 0 saturated carbocycles. The van der Waals surface area contributed by atoms with Crippen LogP contribution in [0.3, 0.4) is 0 Å². The lowest BCUT2D eigenvalue weighted by Gasteiger charge is -2.10. The largest absolute Gasteiger partial charge is 0.368 e. The van der Waals surface area contributed by atoms with Crippen molar-refractivity contribution in [2.75, 3.05) is 11.9 Å². The SMILES string of the molecule is CC(C)c1nncn1CCNc1ccc(Br)cn1. The lowest BCUT2D eigenvalue weighted by molar-refractivity contribution is 0.636. The molecule has 0 aliphatic rings. The molecule has 0 aliphatic carbocycles. The molecule has 2 aromatic rings. The van der Waals surface area contributed by atoms with Crippen molar-refractivity contribution in [2.24, 2.45) is 0 Å². The van der Waals surface area contributed by atoms with E-state index in [4.69, 9.17) is 0 Å². The number of rotatable bonds is 5. The third kappa shape index (κ3) is 3.29. The van der Waals surface area contributed by atoms with E-state index in [0.717, 1.165) is 29.2 Å². The number of hydrogen-bond acceptors (Lipinski definition) is 4. The van der Waals surface area contributed by atoms with Crippen LogP contribution in [0.15, 0.2) is 29.1 Å². The number of pyridine rings is 1. The summed E-state index contributed by atoms with van der Waals surface area (Å²) in [6.07, 6.45) is 3.55. The van der Waals surface area contributed by atoms with Crippen LogP contribution in [0.1, 0.15) is 25.6 Å². The number of anilines is 1. The standard InChI is InChI=1S/C12H16BrN5/c1-9(2)12-17-16-8-18(12)6-5-14-11-4-3-10(13)7-15-11/h3-4,7-9H,5-6H2,1-2H3,(H,14,15). The van der Waals surface area contributed by atoms with Gasteiger partial charge in [0, 0.05) is 29.7 Å². The van der Waals surface area contributed by atoms with Gasteiger partial charge in [0.25, 0.3) is 0 Å². The highest BCUT2D eigenvalue weighted by molar-refractivity contribution is 9.10. The summed E-state index contributed by atoms with van der Waals surface area (Å²) in [5.41, 5.74) is 0. The van der Waals surface area contributed by atoms with Gasteiger partial charge in [-0.1, -0.05) is 13.8 Å². The molecule has 0 amide bonds. The van der Waals surface area contributed by atoms with Gasteiger partial charge in [0.05, 0.1) is 0 Å². The van der Waals surface area contributed by atoms with Crippen molar-refractivity contribution in [3.63, 3.8) is 0 Å². The molecule has 96 valence electrons. The minimum Gasteiger partial charge on any atom is -0.368 e. The first-order chi connectivity index (χ1) is 8.66. The van der Waals surface area contributed by atoms with Gasteiger partial charge in [0.15, 0.2) is 0 Å². The minimum atomic E-state index is 0.387. The first-order valence-corrected chi connectivity index (χ1v) is 6.69. The molecule has 1 N–H and O–H groups in total. The molecule has 0 atom stereocenters. The van der Waals surface area contributed by atoms with E-state index in [1.54, 1.807) is 12.5 Å². The molecule has 2 heterocycles. The van der Waals surface area contributed by atoms with Gasteiger partial charge < -0.3 is 9.88 Å². The molecule has 6 heteroatoms. The summed E-state index contributed by atoms with van der Waals surface area (Å²) in [6.45, 7) is 5.86. The average molecular weight is 310 g/mol. The summed E-state index contributed by atoms with van der Waals surface area (Å²) >= 11 is 3.36. The summed E-state index contributed by atoms with van der Waals surface area (Å²) in [5, 5.41) is 11.3. The number of nitrogens with one attached hydrogen (secondary N) is 1. The zero-order chi connectivity index (χ0) is 13.0.